The van der Waals surface area contributed by atoms with Crippen molar-refractivity contribution in [1.29, 1.82) is 0 Å². The van der Waals surface area contributed by atoms with Crippen molar-refractivity contribution in [1.82, 2.24) is 9.88 Å². The van der Waals surface area contributed by atoms with E-state index in [9.17, 15) is 4.39 Å². The molecule has 1 atom stereocenters. The summed E-state index contributed by atoms with van der Waals surface area (Å²) >= 11 is 0. The quantitative estimate of drug-likeness (QED) is 0.828. The second-order valence-electron chi connectivity index (χ2n) is 5.76. The van der Waals surface area contributed by atoms with Gasteiger partial charge < -0.3 is 10.1 Å². The molecule has 2 heterocycles. The lowest BCUT2D eigenvalue weighted by Crippen LogP contribution is -2.31. The molecule has 1 aromatic carbocycles. The molecular weight excluding hydrogens is 293 g/mol. The topological polar surface area (TPSA) is 37.4 Å². The number of benzene rings is 1. The SMILES string of the molecule is COc1ccc(C(CNc2cccc(F)n2)N2CCCC2)cc1. The van der Waals surface area contributed by atoms with Gasteiger partial charge in [0.25, 0.3) is 0 Å². The Morgan fingerprint density at radius 3 is 2.57 bits per heavy atom. The Labute approximate surface area is 136 Å². The number of aromatic nitrogens is 1. The Morgan fingerprint density at radius 2 is 1.91 bits per heavy atom. The zero-order chi connectivity index (χ0) is 16.1. The number of nitrogens with one attached hydrogen (secondary N) is 1. The fraction of sp³-hybridized carbons (Fsp3) is 0.389. The van der Waals surface area contributed by atoms with Gasteiger partial charge in [-0.2, -0.15) is 4.39 Å². The third-order valence-electron chi connectivity index (χ3n) is 4.27. The molecule has 0 spiro atoms. The summed E-state index contributed by atoms with van der Waals surface area (Å²) in [4.78, 5) is 6.34. The molecule has 5 heteroatoms. The number of methoxy groups -OCH3 is 1. The van der Waals surface area contributed by atoms with E-state index in [1.807, 2.05) is 12.1 Å². The van der Waals surface area contributed by atoms with Gasteiger partial charge in [0.15, 0.2) is 0 Å². The minimum atomic E-state index is -0.461. The first kappa shape index (κ1) is 15.7. The van der Waals surface area contributed by atoms with Crippen molar-refractivity contribution in [2.75, 3.05) is 32.1 Å². The highest BCUT2D eigenvalue weighted by molar-refractivity contribution is 5.35. The lowest BCUT2D eigenvalue weighted by Gasteiger charge is -2.28. The van der Waals surface area contributed by atoms with Gasteiger partial charge in [-0.25, -0.2) is 4.98 Å². The largest absolute Gasteiger partial charge is 0.497 e. The van der Waals surface area contributed by atoms with Crippen LogP contribution in [0.1, 0.15) is 24.4 Å². The molecule has 1 N–H and O–H groups in total. The van der Waals surface area contributed by atoms with Gasteiger partial charge in [-0.1, -0.05) is 18.2 Å². The lowest BCUT2D eigenvalue weighted by atomic mass is 10.1. The van der Waals surface area contributed by atoms with Crippen molar-refractivity contribution < 1.29 is 9.13 Å². The predicted molar refractivity (Wildman–Crippen MR) is 89.2 cm³/mol. The van der Waals surface area contributed by atoms with Crippen LogP contribution in [0.15, 0.2) is 42.5 Å². The zero-order valence-electron chi connectivity index (χ0n) is 13.3. The summed E-state index contributed by atoms with van der Waals surface area (Å²) in [6, 6.07) is 13.2. The molecule has 3 rings (SSSR count). The first-order valence-corrected chi connectivity index (χ1v) is 8.01. The average molecular weight is 315 g/mol. The van der Waals surface area contributed by atoms with E-state index < -0.39 is 5.95 Å². The second kappa shape index (κ2) is 7.42. The van der Waals surface area contributed by atoms with E-state index in [-0.39, 0.29) is 6.04 Å². The van der Waals surface area contributed by atoms with Crippen LogP contribution in [0.5, 0.6) is 5.75 Å². The number of rotatable bonds is 6. The molecule has 1 fully saturated rings. The van der Waals surface area contributed by atoms with E-state index in [1.54, 1.807) is 19.2 Å². The molecule has 1 aliphatic heterocycles. The summed E-state index contributed by atoms with van der Waals surface area (Å²) in [6.45, 7) is 2.88. The summed E-state index contributed by atoms with van der Waals surface area (Å²) < 4.78 is 18.5. The molecule has 1 unspecified atom stereocenters. The van der Waals surface area contributed by atoms with Crippen LogP contribution in [0.25, 0.3) is 0 Å². The molecule has 1 saturated heterocycles. The van der Waals surface area contributed by atoms with Crippen LogP contribution in [0.2, 0.25) is 0 Å². The Bertz CT molecular complexity index is 626. The number of pyridine rings is 1. The van der Waals surface area contributed by atoms with Crippen molar-refractivity contribution in [3.8, 4) is 5.75 Å². The van der Waals surface area contributed by atoms with Gasteiger partial charge in [0.1, 0.15) is 11.6 Å². The molecular formula is C18H22FN3O. The number of nitrogens with zero attached hydrogens (tertiary/aromatic N) is 2. The highest BCUT2D eigenvalue weighted by Gasteiger charge is 2.23. The Balaban J connectivity index is 1.74. The number of halogens is 1. The third kappa shape index (κ3) is 3.99. The van der Waals surface area contributed by atoms with Crippen molar-refractivity contribution in [3.63, 3.8) is 0 Å². The monoisotopic (exact) mass is 315 g/mol. The average Bonchev–Trinajstić information content (AvgIpc) is 3.10. The molecule has 4 nitrogen and oxygen atoms in total. The standard InChI is InChI=1S/C18H22FN3O/c1-23-15-9-7-14(8-10-15)16(22-11-2-3-12-22)13-20-18-6-4-5-17(19)21-18/h4-10,16H,2-3,11-13H2,1H3,(H,20,21). The molecule has 0 amide bonds. The van der Waals surface area contributed by atoms with Crippen LogP contribution in [0.4, 0.5) is 10.2 Å². The van der Waals surface area contributed by atoms with E-state index in [0.29, 0.717) is 12.4 Å². The zero-order valence-corrected chi connectivity index (χ0v) is 13.3. The first-order valence-electron chi connectivity index (χ1n) is 8.01. The van der Waals surface area contributed by atoms with Gasteiger partial charge in [0.2, 0.25) is 5.95 Å². The maximum atomic E-state index is 13.2. The van der Waals surface area contributed by atoms with Gasteiger partial charge in [-0.05, 0) is 55.8 Å². The van der Waals surface area contributed by atoms with E-state index in [2.05, 4.69) is 27.3 Å². The summed E-state index contributed by atoms with van der Waals surface area (Å²) in [6.07, 6.45) is 2.45. The molecule has 122 valence electrons. The molecule has 0 aliphatic carbocycles. The third-order valence-corrected chi connectivity index (χ3v) is 4.27. The molecule has 0 bridgehead atoms. The van der Waals surface area contributed by atoms with Crippen molar-refractivity contribution in [2.45, 2.75) is 18.9 Å². The summed E-state index contributed by atoms with van der Waals surface area (Å²) in [7, 11) is 1.67. The van der Waals surface area contributed by atoms with Crippen molar-refractivity contribution in [3.05, 3.63) is 54.0 Å². The molecule has 0 radical (unpaired) electrons. The van der Waals surface area contributed by atoms with Gasteiger partial charge in [-0.3, -0.25) is 4.90 Å². The van der Waals surface area contributed by atoms with Crippen LogP contribution < -0.4 is 10.1 Å². The number of hydrogen-bond donors (Lipinski definition) is 1. The van der Waals surface area contributed by atoms with Crippen LogP contribution in [-0.4, -0.2) is 36.6 Å². The summed E-state index contributed by atoms with van der Waals surface area (Å²) in [5, 5.41) is 3.27. The van der Waals surface area contributed by atoms with Gasteiger partial charge in [0, 0.05) is 6.54 Å². The molecule has 1 aliphatic rings. The summed E-state index contributed by atoms with van der Waals surface area (Å²) in [5.41, 5.74) is 1.23. The fourth-order valence-electron chi connectivity index (χ4n) is 3.05. The molecule has 23 heavy (non-hydrogen) atoms. The minimum absolute atomic E-state index is 0.244. The van der Waals surface area contributed by atoms with Gasteiger partial charge in [0.05, 0.1) is 13.2 Å². The summed E-state index contributed by atoms with van der Waals surface area (Å²) in [5.74, 6) is 0.966. The van der Waals surface area contributed by atoms with Crippen LogP contribution in [-0.2, 0) is 0 Å². The fourth-order valence-corrected chi connectivity index (χ4v) is 3.05. The normalized spacial score (nSPS) is 16.3. The first-order chi connectivity index (χ1) is 11.3. The van der Waals surface area contributed by atoms with Crippen LogP contribution in [0, 0.1) is 5.95 Å². The molecule has 0 saturated carbocycles. The second-order valence-corrected chi connectivity index (χ2v) is 5.76. The highest BCUT2D eigenvalue weighted by Crippen LogP contribution is 2.27. The van der Waals surface area contributed by atoms with Gasteiger partial charge >= 0.3 is 0 Å². The highest BCUT2D eigenvalue weighted by atomic mass is 19.1. The molecule has 1 aromatic heterocycles. The Morgan fingerprint density at radius 1 is 1.17 bits per heavy atom. The number of ether oxygens (including phenoxy) is 1. The number of likely N-dealkylation sites (tertiary alicyclic amines) is 1. The number of anilines is 1. The van der Waals surface area contributed by atoms with Crippen LogP contribution >= 0.6 is 0 Å². The van der Waals surface area contributed by atoms with Crippen molar-refractivity contribution in [2.24, 2.45) is 0 Å². The molecule has 2 aromatic rings. The van der Waals surface area contributed by atoms with Crippen LogP contribution in [0.3, 0.4) is 0 Å². The van der Waals surface area contributed by atoms with E-state index in [0.717, 1.165) is 18.8 Å². The van der Waals surface area contributed by atoms with Crippen molar-refractivity contribution >= 4 is 5.82 Å². The van der Waals surface area contributed by atoms with E-state index in [1.165, 1.54) is 24.5 Å². The maximum absolute atomic E-state index is 13.2. The smallest absolute Gasteiger partial charge is 0.214 e. The van der Waals surface area contributed by atoms with E-state index in [4.69, 9.17) is 4.74 Å². The lowest BCUT2D eigenvalue weighted by molar-refractivity contribution is 0.255. The Kier molecular flexibility index (Phi) is 5.08. The minimum Gasteiger partial charge on any atom is -0.497 e. The van der Waals surface area contributed by atoms with E-state index >= 15 is 0 Å². The van der Waals surface area contributed by atoms with Gasteiger partial charge in [-0.15, -0.1) is 0 Å². The predicted octanol–water partition coefficient (Wildman–Crippen LogP) is 3.48. The number of hydrogen-bond acceptors (Lipinski definition) is 4. The maximum Gasteiger partial charge on any atom is 0.214 e. The Hall–Kier alpha value is -2.14.